The summed E-state index contributed by atoms with van der Waals surface area (Å²) >= 11 is 0. The molecule has 0 heterocycles. The van der Waals surface area contributed by atoms with Crippen LogP contribution in [-0.4, -0.2) is 38.3 Å². The summed E-state index contributed by atoms with van der Waals surface area (Å²) in [6, 6.07) is 0. The second kappa shape index (κ2) is 8.92. The number of carbonyl (C=O) groups is 1. The van der Waals surface area contributed by atoms with Gasteiger partial charge < -0.3 is 14.2 Å². The third kappa shape index (κ3) is 7.84. The third-order valence-corrected chi connectivity index (χ3v) is 2.00. The molecular formula is C12H19F3O4. The van der Waals surface area contributed by atoms with Crippen molar-refractivity contribution >= 4 is 5.97 Å². The van der Waals surface area contributed by atoms with Gasteiger partial charge in [-0.2, -0.15) is 13.2 Å². The van der Waals surface area contributed by atoms with Crippen LogP contribution in [-0.2, 0) is 19.0 Å². The van der Waals surface area contributed by atoms with Crippen molar-refractivity contribution in [3.05, 3.63) is 11.6 Å². The van der Waals surface area contributed by atoms with Crippen LogP contribution in [0, 0.1) is 0 Å². The van der Waals surface area contributed by atoms with Crippen LogP contribution in [0.5, 0.6) is 0 Å². The average Bonchev–Trinajstić information content (AvgIpc) is 2.27. The number of alkyl halides is 3. The van der Waals surface area contributed by atoms with Crippen molar-refractivity contribution < 1.29 is 32.2 Å². The lowest BCUT2D eigenvalue weighted by molar-refractivity contribution is -0.146. The molecule has 4 nitrogen and oxygen atoms in total. The van der Waals surface area contributed by atoms with Gasteiger partial charge >= 0.3 is 12.1 Å². The van der Waals surface area contributed by atoms with Gasteiger partial charge in [-0.25, -0.2) is 0 Å². The van der Waals surface area contributed by atoms with Gasteiger partial charge in [0.1, 0.15) is 0 Å². The summed E-state index contributed by atoms with van der Waals surface area (Å²) in [6.07, 6.45) is -5.84. The molecule has 0 unspecified atom stereocenters. The summed E-state index contributed by atoms with van der Waals surface area (Å²) in [6.45, 7) is 5.23. The highest BCUT2D eigenvalue weighted by molar-refractivity contribution is 5.72. The summed E-state index contributed by atoms with van der Waals surface area (Å²) in [5, 5.41) is 0. The minimum atomic E-state index is -4.63. The Morgan fingerprint density at radius 3 is 2.00 bits per heavy atom. The first kappa shape index (κ1) is 17.9. The van der Waals surface area contributed by atoms with Crippen molar-refractivity contribution in [2.75, 3.05) is 19.8 Å². The first-order chi connectivity index (χ1) is 8.85. The molecule has 0 bridgehead atoms. The van der Waals surface area contributed by atoms with Crippen LogP contribution in [0.3, 0.4) is 0 Å². The van der Waals surface area contributed by atoms with Gasteiger partial charge in [0.05, 0.1) is 13.0 Å². The maximum Gasteiger partial charge on any atom is 0.413 e. The summed E-state index contributed by atoms with van der Waals surface area (Å²) < 4.78 is 52.8. The molecule has 0 amide bonds. The van der Waals surface area contributed by atoms with Crippen LogP contribution in [0.2, 0.25) is 0 Å². The zero-order chi connectivity index (χ0) is 14.9. The predicted octanol–water partition coefficient (Wildman–Crippen LogP) is 2.83. The molecule has 19 heavy (non-hydrogen) atoms. The normalized spacial score (nSPS) is 12.9. The fourth-order valence-corrected chi connectivity index (χ4v) is 1.26. The van der Waals surface area contributed by atoms with Crippen molar-refractivity contribution in [1.29, 1.82) is 0 Å². The standard InChI is InChI=1S/C12H19F3O4/c1-4-17-10(16)7-9(12(13,14)15)8-11(18-5-2)19-6-3/h8,11H,4-7H2,1-3H3. The highest BCUT2D eigenvalue weighted by atomic mass is 19.4. The van der Waals surface area contributed by atoms with Crippen LogP contribution in [0.4, 0.5) is 13.2 Å². The number of hydrogen-bond donors (Lipinski definition) is 0. The lowest BCUT2D eigenvalue weighted by Crippen LogP contribution is -2.22. The lowest BCUT2D eigenvalue weighted by atomic mass is 10.1. The Labute approximate surface area is 110 Å². The minimum Gasteiger partial charge on any atom is -0.466 e. The van der Waals surface area contributed by atoms with Crippen molar-refractivity contribution in [2.24, 2.45) is 0 Å². The summed E-state index contributed by atoms with van der Waals surface area (Å²) in [4.78, 5) is 11.2. The highest BCUT2D eigenvalue weighted by Crippen LogP contribution is 2.29. The van der Waals surface area contributed by atoms with Gasteiger partial charge in [-0.05, 0) is 26.8 Å². The molecule has 0 radical (unpaired) electrons. The number of carbonyl (C=O) groups excluding carboxylic acids is 1. The first-order valence-electron chi connectivity index (χ1n) is 6.01. The molecule has 0 atom stereocenters. The minimum absolute atomic E-state index is 0.0321. The van der Waals surface area contributed by atoms with Crippen LogP contribution in [0.25, 0.3) is 0 Å². The largest absolute Gasteiger partial charge is 0.466 e. The Morgan fingerprint density at radius 1 is 1.11 bits per heavy atom. The Bertz CT molecular complexity index is 294. The van der Waals surface area contributed by atoms with Crippen LogP contribution in [0.1, 0.15) is 27.2 Å². The third-order valence-electron chi connectivity index (χ3n) is 2.00. The van der Waals surface area contributed by atoms with E-state index in [4.69, 9.17) is 9.47 Å². The van der Waals surface area contributed by atoms with Gasteiger partial charge in [-0.3, -0.25) is 4.79 Å². The molecule has 0 aliphatic heterocycles. The van der Waals surface area contributed by atoms with Gasteiger partial charge in [0.2, 0.25) is 0 Å². The molecule has 0 aliphatic rings. The highest BCUT2D eigenvalue weighted by Gasteiger charge is 2.36. The molecule has 0 N–H and O–H groups in total. The van der Waals surface area contributed by atoms with Crippen molar-refractivity contribution in [2.45, 2.75) is 39.7 Å². The maximum atomic E-state index is 12.8. The summed E-state index contributed by atoms with van der Waals surface area (Å²) in [5.41, 5.74) is -1.03. The number of halogens is 3. The van der Waals surface area contributed by atoms with E-state index in [2.05, 4.69) is 4.74 Å². The van der Waals surface area contributed by atoms with Gasteiger partial charge in [0.15, 0.2) is 6.29 Å². The van der Waals surface area contributed by atoms with Crippen molar-refractivity contribution in [3.63, 3.8) is 0 Å². The average molecular weight is 284 g/mol. The van der Waals surface area contributed by atoms with Gasteiger partial charge in [0.25, 0.3) is 0 Å². The zero-order valence-corrected chi connectivity index (χ0v) is 11.3. The molecular weight excluding hydrogens is 265 g/mol. The van der Waals surface area contributed by atoms with Crippen molar-refractivity contribution in [1.82, 2.24) is 0 Å². The molecule has 112 valence electrons. The molecule has 0 spiro atoms. The second-order valence-electron chi connectivity index (χ2n) is 3.45. The zero-order valence-electron chi connectivity index (χ0n) is 11.3. The molecule has 0 aromatic carbocycles. The van der Waals surface area contributed by atoms with E-state index < -0.39 is 30.4 Å². The summed E-state index contributed by atoms with van der Waals surface area (Å²) in [5.74, 6) is -0.933. The fraction of sp³-hybridized carbons (Fsp3) is 0.750. The smallest absolute Gasteiger partial charge is 0.413 e. The number of ether oxygens (including phenoxy) is 3. The van der Waals surface area contributed by atoms with E-state index in [1.807, 2.05) is 0 Å². The van der Waals surface area contributed by atoms with E-state index in [0.29, 0.717) is 0 Å². The van der Waals surface area contributed by atoms with Crippen molar-refractivity contribution in [3.8, 4) is 0 Å². The molecule has 0 aromatic rings. The number of rotatable bonds is 8. The maximum absolute atomic E-state index is 12.8. The van der Waals surface area contributed by atoms with Gasteiger partial charge in [-0.15, -0.1) is 0 Å². The Morgan fingerprint density at radius 2 is 1.63 bits per heavy atom. The van der Waals surface area contributed by atoms with Crippen LogP contribution in [0.15, 0.2) is 11.6 Å². The Hall–Kier alpha value is -1.08. The number of hydrogen-bond acceptors (Lipinski definition) is 4. The monoisotopic (exact) mass is 284 g/mol. The molecule has 0 fully saturated rings. The first-order valence-corrected chi connectivity index (χ1v) is 6.01. The molecule has 0 aromatic heterocycles. The predicted molar refractivity (Wildman–Crippen MR) is 62.4 cm³/mol. The molecule has 0 rings (SSSR count). The van der Waals surface area contributed by atoms with Crippen LogP contribution < -0.4 is 0 Å². The molecule has 0 aliphatic carbocycles. The SMILES string of the molecule is CCOC(=O)CC(=CC(OCC)OCC)C(F)(F)F. The molecule has 0 saturated carbocycles. The van der Waals surface area contributed by atoms with Gasteiger partial charge in [0, 0.05) is 18.8 Å². The van der Waals surface area contributed by atoms with E-state index in [1.54, 1.807) is 13.8 Å². The van der Waals surface area contributed by atoms with E-state index in [1.165, 1.54) is 6.92 Å². The molecule has 7 heteroatoms. The Kier molecular flexibility index (Phi) is 8.42. The quantitative estimate of drug-likeness (QED) is 0.390. The second-order valence-corrected chi connectivity index (χ2v) is 3.45. The van der Waals surface area contributed by atoms with Crippen LogP contribution >= 0.6 is 0 Å². The van der Waals surface area contributed by atoms with E-state index in [-0.39, 0.29) is 19.8 Å². The Balaban J connectivity index is 4.94. The van der Waals surface area contributed by atoms with E-state index in [9.17, 15) is 18.0 Å². The van der Waals surface area contributed by atoms with Gasteiger partial charge in [-0.1, -0.05) is 0 Å². The summed E-state index contributed by atoms with van der Waals surface area (Å²) in [7, 11) is 0. The van der Waals surface area contributed by atoms with E-state index in [0.717, 1.165) is 6.08 Å². The lowest BCUT2D eigenvalue weighted by Gasteiger charge is -2.17. The number of esters is 1. The fourth-order valence-electron chi connectivity index (χ4n) is 1.26. The topological polar surface area (TPSA) is 44.8 Å². The molecule has 0 saturated heterocycles. The van der Waals surface area contributed by atoms with E-state index >= 15 is 0 Å².